The van der Waals surface area contributed by atoms with Crippen LogP contribution in [0.3, 0.4) is 0 Å². The molecule has 1 atom stereocenters. The molecule has 1 aromatic carbocycles. The first kappa shape index (κ1) is 16.2. The van der Waals surface area contributed by atoms with Crippen LogP contribution in [0.1, 0.15) is 17.7 Å². The lowest BCUT2D eigenvalue weighted by Gasteiger charge is -2.24. The van der Waals surface area contributed by atoms with Crippen molar-refractivity contribution in [2.24, 2.45) is 7.05 Å². The Morgan fingerprint density at radius 2 is 2.25 bits per heavy atom. The molecule has 0 radical (unpaired) electrons. The number of hydrogen-bond donors (Lipinski definition) is 1. The van der Waals surface area contributed by atoms with Gasteiger partial charge in [-0.2, -0.15) is 5.10 Å². The highest BCUT2D eigenvalue weighted by Gasteiger charge is 2.22. The molecule has 0 saturated heterocycles. The van der Waals surface area contributed by atoms with Gasteiger partial charge >= 0.3 is 0 Å². The van der Waals surface area contributed by atoms with Crippen LogP contribution >= 0.6 is 0 Å². The van der Waals surface area contributed by atoms with Crippen LogP contribution in [-0.2, 0) is 24.7 Å². The van der Waals surface area contributed by atoms with E-state index < -0.39 is 5.82 Å². The molecule has 1 aliphatic carbocycles. The van der Waals surface area contributed by atoms with E-state index in [0.717, 1.165) is 17.7 Å². The molecule has 1 aromatic heterocycles. The van der Waals surface area contributed by atoms with E-state index >= 15 is 0 Å². The van der Waals surface area contributed by atoms with Gasteiger partial charge in [0.15, 0.2) is 18.2 Å². The summed E-state index contributed by atoms with van der Waals surface area (Å²) in [7, 11) is 1.62. The van der Waals surface area contributed by atoms with Crippen LogP contribution in [0.15, 0.2) is 35.1 Å². The number of fused-ring (bicyclic) bond motifs is 1. The second-order valence-corrected chi connectivity index (χ2v) is 5.80. The number of nitrogens with zero attached hydrogens (tertiary/aromatic N) is 2. The van der Waals surface area contributed by atoms with E-state index in [1.54, 1.807) is 25.2 Å². The number of amides is 1. The fourth-order valence-electron chi connectivity index (χ4n) is 2.78. The zero-order chi connectivity index (χ0) is 17.1. The van der Waals surface area contributed by atoms with E-state index in [2.05, 4.69) is 10.4 Å². The molecule has 6 nitrogen and oxygen atoms in total. The third-order valence-electron chi connectivity index (χ3n) is 4.01. The van der Waals surface area contributed by atoms with Crippen LogP contribution in [-0.4, -0.2) is 28.3 Å². The Bertz CT molecular complexity index is 819. The zero-order valence-corrected chi connectivity index (χ0v) is 13.3. The fraction of sp³-hybridized carbons (Fsp3) is 0.353. The normalized spacial score (nSPS) is 16.3. The molecule has 1 unspecified atom stereocenters. The first-order valence-corrected chi connectivity index (χ1v) is 7.75. The van der Waals surface area contributed by atoms with Crippen molar-refractivity contribution in [2.45, 2.75) is 25.3 Å². The first-order chi connectivity index (χ1) is 11.5. The maximum absolute atomic E-state index is 13.4. The molecule has 1 heterocycles. The SMILES string of the molecule is Cn1nc2c(cc1=O)CC(NC(=O)COc1ccccc1F)CC2. The molecule has 2 aromatic rings. The Balaban J connectivity index is 1.57. The van der Waals surface area contributed by atoms with E-state index in [-0.39, 0.29) is 29.9 Å². The Morgan fingerprint density at radius 1 is 1.46 bits per heavy atom. The van der Waals surface area contributed by atoms with Gasteiger partial charge in [-0.15, -0.1) is 0 Å². The van der Waals surface area contributed by atoms with Crippen molar-refractivity contribution in [3.63, 3.8) is 0 Å². The van der Waals surface area contributed by atoms with E-state index in [9.17, 15) is 14.0 Å². The summed E-state index contributed by atoms with van der Waals surface area (Å²) in [6.45, 7) is -0.251. The van der Waals surface area contributed by atoms with Gasteiger partial charge in [0.1, 0.15) is 0 Å². The number of carbonyl (C=O) groups is 1. The van der Waals surface area contributed by atoms with Crippen molar-refractivity contribution >= 4 is 5.91 Å². The van der Waals surface area contributed by atoms with Gasteiger partial charge < -0.3 is 10.1 Å². The number of aromatic nitrogens is 2. The number of carbonyl (C=O) groups excluding carboxylic acids is 1. The lowest BCUT2D eigenvalue weighted by atomic mass is 9.92. The lowest BCUT2D eigenvalue weighted by molar-refractivity contribution is -0.123. The van der Waals surface area contributed by atoms with Crippen LogP contribution in [0.2, 0.25) is 0 Å². The number of para-hydroxylation sites is 1. The number of halogens is 1. The zero-order valence-electron chi connectivity index (χ0n) is 13.3. The van der Waals surface area contributed by atoms with Crippen LogP contribution < -0.4 is 15.6 Å². The quantitative estimate of drug-likeness (QED) is 0.906. The van der Waals surface area contributed by atoms with Crippen molar-refractivity contribution in [3.05, 3.63) is 57.8 Å². The fourth-order valence-corrected chi connectivity index (χ4v) is 2.78. The van der Waals surface area contributed by atoms with E-state index in [1.165, 1.54) is 16.8 Å². The van der Waals surface area contributed by atoms with Crippen molar-refractivity contribution in [1.82, 2.24) is 15.1 Å². The molecule has 0 saturated carbocycles. The monoisotopic (exact) mass is 331 g/mol. The lowest BCUT2D eigenvalue weighted by Crippen LogP contribution is -2.42. The Hall–Kier alpha value is -2.70. The van der Waals surface area contributed by atoms with Gasteiger partial charge in [0, 0.05) is 19.2 Å². The predicted molar refractivity (Wildman–Crippen MR) is 85.3 cm³/mol. The standard InChI is InChI=1S/C17H18FN3O3/c1-21-17(23)9-11-8-12(6-7-14(11)20-21)19-16(22)10-24-15-5-3-2-4-13(15)18/h2-5,9,12H,6-8,10H2,1H3,(H,19,22). The molecule has 126 valence electrons. The van der Waals surface area contributed by atoms with Gasteiger partial charge in [-0.25, -0.2) is 9.07 Å². The van der Waals surface area contributed by atoms with Gasteiger partial charge in [0.2, 0.25) is 0 Å². The van der Waals surface area contributed by atoms with Gasteiger partial charge in [0.25, 0.3) is 11.5 Å². The molecular formula is C17H18FN3O3. The maximum atomic E-state index is 13.4. The number of hydrogen-bond acceptors (Lipinski definition) is 4. The van der Waals surface area contributed by atoms with Crippen LogP contribution in [0.4, 0.5) is 4.39 Å². The minimum absolute atomic E-state index is 0.0503. The molecule has 1 amide bonds. The molecule has 7 heteroatoms. The molecule has 24 heavy (non-hydrogen) atoms. The smallest absolute Gasteiger partial charge is 0.266 e. The number of aryl methyl sites for hydroxylation is 2. The molecule has 1 N–H and O–H groups in total. The Labute approximate surface area is 138 Å². The van der Waals surface area contributed by atoms with Crippen molar-refractivity contribution in [2.75, 3.05) is 6.61 Å². The second kappa shape index (κ2) is 6.82. The highest BCUT2D eigenvalue weighted by molar-refractivity contribution is 5.77. The number of rotatable bonds is 4. The first-order valence-electron chi connectivity index (χ1n) is 7.75. The Morgan fingerprint density at radius 3 is 3.04 bits per heavy atom. The summed E-state index contributed by atoms with van der Waals surface area (Å²) in [5, 5.41) is 7.10. The second-order valence-electron chi connectivity index (χ2n) is 5.80. The van der Waals surface area contributed by atoms with Crippen LogP contribution in [0.25, 0.3) is 0 Å². The maximum Gasteiger partial charge on any atom is 0.266 e. The number of benzene rings is 1. The summed E-state index contributed by atoms with van der Waals surface area (Å²) in [5.41, 5.74) is 1.60. The molecule has 0 fully saturated rings. The molecule has 0 aliphatic heterocycles. The number of nitrogens with one attached hydrogen (secondary N) is 1. The summed E-state index contributed by atoms with van der Waals surface area (Å²) in [4.78, 5) is 23.7. The largest absolute Gasteiger partial charge is 0.481 e. The summed E-state index contributed by atoms with van der Waals surface area (Å²) in [6, 6.07) is 7.43. The van der Waals surface area contributed by atoms with Crippen LogP contribution in [0.5, 0.6) is 5.75 Å². The van der Waals surface area contributed by atoms with Gasteiger partial charge in [-0.05, 0) is 37.0 Å². The third-order valence-corrected chi connectivity index (χ3v) is 4.01. The van der Waals surface area contributed by atoms with Gasteiger partial charge in [-0.1, -0.05) is 12.1 Å². The summed E-state index contributed by atoms with van der Waals surface area (Å²) in [5.74, 6) is -0.767. The molecule has 0 spiro atoms. The number of ether oxygens (including phenoxy) is 1. The highest BCUT2D eigenvalue weighted by Crippen LogP contribution is 2.18. The summed E-state index contributed by atoms with van der Waals surface area (Å²) < 4.78 is 20.0. The van der Waals surface area contributed by atoms with Crippen LogP contribution in [0, 0.1) is 5.82 Å². The predicted octanol–water partition coefficient (Wildman–Crippen LogP) is 0.972. The molecule has 0 bridgehead atoms. The summed E-state index contributed by atoms with van der Waals surface area (Å²) >= 11 is 0. The minimum Gasteiger partial charge on any atom is -0.481 e. The minimum atomic E-state index is -0.501. The molecule has 3 rings (SSSR count). The van der Waals surface area contributed by atoms with Crippen molar-refractivity contribution in [1.29, 1.82) is 0 Å². The highest BCUT2D eigenvalue weighted by atomic mass is 19.1. The molecular weight excluding hydrogens is 313 g/mol. The molecule has 1 aliphatic rings. The van der Waals surface area contributed by atoms with Gasteiger partial charge in [0.05, 0.1) is 5.69 Å². The average Bonchev–Trinajstić information content (AvgIpc) is 2.55. The van der Waals surface area contributed by atoms with Crippen molar-refractivity contribution < 1.29 is 13.9 Å². The van der Waals surface area contributed by atoms with Crippen molar-refractivity contribution in [3.8, 4) is 5.75 Å². The van der Waals surface area contributed by atoms with Gasteiger partial charge in [-0.3, -0.25) is 9.59 Å². The van der Waals surface area contributed by atoms with E-state index in [1.807, 2.05) is 0 Å². The van der Waals surface area contributed by atoms with E-state index in [0.29, 0.717) is 12.8 Å². The topological polar surface area (TPSA) is 73.2 Å². The third kappa shape index (κ3) is 3.61. The average molecular weight is 331 g/mol. The summed E-state index contributed by atoms with van der Waals surface area (Å²) in [6.07, 6.45) is 2.00. The Kier molecular flexibility index (Phi) is 4.59. The van der Waals surface area contributed by atoms with E-state index in [4.69, 9.17) is 4.74 Å².